The maximum absolute atomic E-state index is 12.3. The average Bonchev–Trinajstić information content (AvgIpc) is 2.85. The van der Waals surface area contributed by atoms with Gasteiger partial charge in [0.15, 0.2) is 0 Å². The molecule has 1 saturated heterocycles. The first-order valence-corrected chi connectivity index (χ1v) is 8.95. The van der Waals surface area contributed by atoms with Crippen LogP contribution in [-0.4, -0.2) is 38.0 Å². The highest BCUT2D eigenvalue weighted by molar-refractivity contribution is 8.07. The van der Waals surface area contributed by atoms with Crippen LogP contribution >= 0.6 is 23.5 Å². The van der Waals surface area contributed by atoms with Crippen LogP contribution < -0.4 is 5.32 Å². The third-order valence-electron chi connectivity index (χ3n) is 3.31. The summed E-state index contributed by atoms with van der Waals surface area (Å²) in [7, 11) is 0. The lowest BCUT2D eigenvalue weighted by molar-refractivity contribution is -0.115. The highest BCUT2D eigenvalue weighted by atomic mass is 32.2. The van der Waals surface area contributed by atoms with Crippen LogP contribution in [0.25, 0.3) is 11.0 Å². The van der Waals surface area contributed by atoms with Crippen LogP contribution in [0.2, 0.25) is 0 Å². The first-order valence-electron chi connectivity index (χ1n) is 6.75. The molecule has 1 N–H and O–H groups in total. The number of para-hydroxylation sites is 2. The summed E-state index contributed by atoms with van der Waals surface area (Å²) in [5, 5.41) is 3.04. The van der Waals surface area contributed by atoms with E-state index in [1.165, 1.54) is 0 Å². The highest BCUT2D eigenvalue weighted by Crippen LogP contribution is 2.26. The number of nitrogens with zero attached hydrogens (tertiary/aromatic N) is 2. The summed E-state index contributed by atoms with van der Waals surface area (Å²) >= 11 is 3.59. The van der Waals surface area contributed by atoms with Crippen LogP contribution in [0.15, 0.2) is 24.3 Å². The van der Waals surface area contributed by atoms with Gasteiger partial charge in [-0.15, -0.1) is 11.8 Å². The monoisotopic (exact) mass is 307 g/mol. The number of benzene rings is 1. The minimum absolute atomic E-state index is 0.0406. The minimum Gasteiger partial charge on any atom is -0.310 e. The summed E-state index contributed by atoms with van der Waals surface area (Å²) in [6.45, 7) is 2.86. The van der Waals surface area contributed by atoms with E-state index in [-0.39, 0.29) is 11.2 Å². The summed E-state index contributed by atoms with van der Waals surface area (Å²) in [6, 6.07) is 7.97. The number of rotatable bonds is 3. The molecule has 1 amide bonds. The Labute approximate surface area is 126 Å². The zero-order chi connectivity index (χ0) is 13.9. The van der Waals surface area contributed by atoms with Crippen molar-refractivity contribution in [2.45, 2.75) is 18.7 Å². The molecule has 0 spiro atoms. The van der Waals surface area contributed by atoms with Crippen LogP contribution in [0, 0.1) is 0 Å². The number of carbonyl (C=O) groups is 1. The van der Waals surface area contributed by atoms with E-state index >= 15 is 0 Å². The number of aryl methyl sites for hydroxylation is 1. The van der Waals surface area contributed by atoms with E-state index in [4.69, 9.17) is 0 Å². The van der Waals surface area contributed by atoms with E-state index < -0.39 is 0 Å². The van der Waals surface area contributed by atoms with Crippen molar-refractivity contribution in [3.05, 3.63) is 24.3 Å². The fraction of sp³-hybridized carbons (Fsp3) is 0.429. The molecule has 3 rings (SSSR count). The van der Waals surface area contributed by atoms with Crippen molar-refractivity contribution < 1.29 is 4.79 Å². The molecule has 1 aromatic heterocycles. The first kappa shape index (κ1) is 13.8. The lowest BCUT2D eigenvalue weighted by Crippen LogP contribution is -2.31. The standard InChI is InChI=1S/C14H17N3OS2/c1-2-17-11-6-4-3-5-10(11)15-14(17)16-13(18)12-9-19-7-8-20-12/h3-6,12H,2,7-9H2,1H3,(H,15,16,18). The molecule has 0 aliphatic carbocycles. The van der Waals surface area contributed by atoms with E-state index in [9.17, 15) is 4.79 Å². The Balaban J connectivity index is 1.84. The Hall–Kier alpha value is -1.14. The number of aromatic nitrogens is 2. The Morgan fingerprint density at radius 3 is 3.05 bits per heavy atom. The largest absolute Gasteiger partial charge is 0.310 e. The molecule has 20 heavy (non-hydrogen) atoms. The lowest BCUT2D eigenvalue weighted by atomic mass is 10.3. The van der Waals surface area contributed by atoms with Crippen LogP contribution in [0.5, 0.6) is 0 Å². The maximum Gasteiger partial charge on any atom is 0.240 e. The van der Waals surface area contributed by atoms with Crippen molar-refractivity contribution in [1.29, 1.82) is 0 Å². The van der Waals surface area contributed by atoms with Crippen molar-refractivity contribution in [3.63, 3.8) is 0 Å². The SMILES string of the molecule is CCn1c(NC(=O)C2CSCCS2)nc2ccccc21. The fourth-order valence-electron chi connectivity index (χ4n) is 2.32. The van der Waals surface area contributed by atoms with Gasteiger partial charge in [0.2, 0.25) is 11.9 Å². The normalized spacial score (nSPS) is 19.1. The maximum atomic E-state index is 12.3. The number of fused-ring (bicyclic) bond motifs is 1. The van der Waals surface area contributed by atoms with Gasteiger partial charge in [0.25, 0.3) is 0 Å². The molecule has 6 heteroatoms. The number of thioether (sulfide) groups is 2. The molecular weight excluding hydrogens is 290 g/mol. The van der Waals surface area contributed by atoms with Crippen molar-refractivity contribution >= 4 is 46.4 Å². The van der Waals surface area contributed by atoms with Gasteiger partial charge in [0.05, 0.1) is 16.3 Å². The molecule has 1 unspecified atom stereocenters. The van der Waals surface area contributed by atoms with Crippen molar-refractivity contribution in [2.75, 3.05) is 22.6 Å². The second kappa shape index (κ2) is 6.10. The van der Waals surface area contributed by atoms with E-state index in [2.05, 4.69) is 17.2 Å². The predicted octanol–water partition coefficient (Wildman–Crippen LogP) is 2.84. The molecule has 0 saturated carbocycles. The Morgan fingerprint density at radius 2 is 2.30 bits per heavy atom. The summed E-state index contributed by atoms with van der Waals surface area (Å²) in [4.78, 5) is 16.8. The second-order valence-electron chi connectivity index (χ2n) is 4.59. The van der Waals surface area contributed by atoms with E-state index in [1.807, 2.05) is 40.6 Å². The molecule has 0 radical (unpaired) electrons. The topological polar surface area (TPSA) is 46.9 Å². The van der Waals surface area contributed by atoms with Gasteiger partial charge in [0, 0.05) is 23.8 Å². The molecule has 4 nitrogen and oxygen atoms in total. The van der Waals surface area contributed by atoms with Crippen LogP contribution in [0.1, 0.15) is 6.92 Å². The van der Waals surface area contributed by atoms with Crippen molar-refractivity contribution in [2.24, 2.45) is 0 Å². The van der Waals surface area contributed by atoms with Crippen molar-refractivity contribution in [1.82, 2.24) is 9.55 Å². The summed E-state index contributed by atoms with van der Waals surface area (Å²) in [5.41, 5.74) is 1.99. The van der Waals surface area contributed by atoms with Gasteiger partial charge in [-0.25, -0.2) is 4.98 Å². The number of amides is 1. The summed E-state index contributed by atoms with van der Waals surface area (Å²) in [6.07, 6.45) is 0. The van der Waals surface area contributed by atoms with Gasteiger partial charge in [-0.05, 0) is 19.1 Å². The second-order valence-corrected chi connectivity index (χ2v) is 7.05. The molecule has 1 aliphatic heterocycles. The van der Waals surface area contributed by atoms with Gasteiger partial charge < -0.3 is 4.57 Å². The number of carbonyl (C=O) groups excluding carboxylic acids is 1. The molecule has 1 atom stereocenters. The van der Waals surface area contributed by atoms with Gasteiger partial charge in [-0.1, -0.05) is 12.1 Å². The zero-order valence-electron chi connectivity index (χ0n) is 11.3. The molecule has 2 heterocycles. The molecule has 2 aromatic rings. The minimum atomic E-state index is 0.0406. The Kier molecular flexibility index (Phi) is 4.21. The molecule has 106 valence electrons. The molecular formula is C14H17N3OS2. The lowest BCUT2D eigenvalue weighted by Gasteiger charge is -2.20. The van der Waals surface area contributed by atoms with Gasteiger partial charge in [-0.2, -0.15) is 11.8 Å². The predicted molar refractivity (Wildman–Crippen MR) is 87.6 cm³/mol. The molecule has 1 fully saturated rings. The third kappa shape index (κ3) is 2.67. The first-order chi connectivity index (χ1) is 9.79. The smallest absolute Gasteiger partial charge is 0.240 e. The quantitative estimate of drug-likeness (QED) is 0.947. The van der Waals surface area contributed by atoms with Crippen LogP contribution in [0.4, 0.5) is 5.95 Å². The number of imidazole rings is 1. The van der Waals surface area contributed by atoms with Crippen molar-refractivity contribution in [3.8, 4) is 0 Å². The van der Waals surface area contributed by atoms with Gasteiger partial charge >= 0.3 is 0 Å². The number of hydrogen-bond donors (Lipinski definition) is 1. The van der Waals surface area contributed by atoms with E-state index in [0.717, 1.165) is 34.8 Å². The fourth-order valence-corrected chi connectivity index (χ4v) is 4.88. The number of hydrogen-bond acceptors (Lipinski definition) is 4. The number of anilines is 1. The average molecular weight is 307 g/mol. The molecule has 0 bridgehead atoms. The van der Waals surface area contributed by atoms with Gasteiger partial charge in [0.1, 0.15) is 0 Å². The summed E-state index contributed by atoms with van der Waals surface area (Å²) in [5.74, 6) is 3.82. The van der Waals surface area contributed by atoms with Crippen LogP contribution in [0.3, 0.4) is 0 Å². The van der Waals surface area contributed by atoms with E-state index in [0.29, 0.717) is 5.95 Å². The zero-order valence-corrected chi connectivity index (χ0v) is 13.0. The molecule has 1 aromatic carbocycles. The summed E-state index contributed by atoms with van der Waals surface area (Å²) < 4.78 is 2.05. The van der Waals surface area contributed by atoms with E-state index in [1.54, 1.807) is 11.8 Å². The third-order valence-corrected chi connectivity index (χ3v) is 6.07. The van der Waals surface area contributed by atoms with Gasteiger partial charge in [-0.3, -0.25) is 10.1 Å². The molecule has 1 aliphatic rings. The highest BCUT2D eigenvalue weighted by Gasteiger charge is 2.23. The number of nitrogens with one attached hydrogen (secondary N) is 1. The van der Waals surface area contributed by atoms with Crippen LogP contribution in [-0.2, 0) is 11.3 Å². The Bertz CT molecular complexity index is 620. The Morgan fingerprint density at radius 1 is 1.45 bits per heavy atom.